The molecule has 0 spiro atoms. The van der Waals surface area contributed by atoms with Crippen LogP contribution >= 0.6 is 0 Å². The van der Waals surface area contributed by atoms with Crippen molar-refractivity contribution in [2.24, 2.45) is 11.7 Å². The Morgan fingerprint density at radius 3 is 2.43 bits per heavy atom. The monoisotopic (exact) mass is 339 g/mol. The maximum absolute atomic E-state index is 12.7. The van der Waals surface area contributed by atoms with Crippen molar-refractivity contribution in [3.8, 4) is 0 Å². The van der Waals surface area contributed by atoms with Crippen molar-refractivity contribution in [3.63, 3.8) is 0 Å². The Balaban J connectivity index is 2.17. The zero-order chi connectivity index (χ0) is 17.3. The van der Waals surface area contributed by atoms with E-state index in [-0.39, 0.29) is 17.7 Å². The van der Waals surface area contributed by atoms with Gasteiger partial charge in [-0.3, -0.25) is 4.79 Å². The van der Waals surface area contributed by atoms with Gasteiger partial charge in [0.2, 0.25) is 15.9 Å². The molecule has 0 aliphatic carbocycles. The molecule has 0 unspecified atom stereocenters. The standard InChI is InChI=1S/C16H25N3O3S/c1-16(2,18-23(3,21)22)15(20)19-10-13(9-17)14(11-19)12-7-5-4-6-8-12/h4-8,13-14,18H,9-11,17H2,1-3H3/t13-,14+/m1/s1. The van der Waals surface area contributed by atoms with E-state index in [1.165, 1.54) is 0 Å². The van der Waals surface area contributed by atoms with Crippen LogP contribution in [0.4, 0.5) is 0 Å². The topological polar surface area (TPSA) is 92.5 Å². The maximum atomic E-state index is 12.7. The molecule has 7 heteroatoms. The van der Waals surface area contributed by atoms with Gasteiger partial charge in [0.25, 0.3) is 0 Å². The minimum atomic E-state index is -3.46. The molecule has 0 aromatic heterocycles. The molecule has 1 aromatic carbocycles. The van der Waals surface area contributed by atoms with Crippen LogP contribution in [-0.4, -0.2) is 50.7 Å². The molecular formula is C16H25N3O3S. The van der Waals surface area contributed by atoms with E-state index < -0.39 is 15.6 Å². The minimum Gasteiger partial charge on any atom is -0.340 e. The molecule has 23 heavy (non-hydrogen) atoms. The molecule has 1 fully saturated rings. The summed E-state index contributed by atoms with van der Waals surface area (Å²) in [6, 6.07) is 9.99. The van der Waals surface area contributed by atoms with Gasteiger partial charge >= 0.3 is 0 Å². The lowest BCUT2D eigenvalue weighted by Gasteiger charge is -2.29. The molecule has 3 N–H and O–H groups in total. The molecular weight excluding hydrogens is 314 g/mol. The summed E-state index contributed by atoms with van der Waals surface area (Å²) in [7, 11) is -3.46. The highest BCUT2D eigenvalue weighted by Crippen LogP contribution is 2.33. The predicted octanol–water partition coefficient (Wildman–Crippen LogP) is 0.515. The van der Waals surface area contributed by atoms with Gasteiger partial charge in [-0.15, -0.1) is 0 Å². The van der Waals surface area contributed by atoms with Gasteiger partial charge in [-0.2, -0.15) is 0 Å². The van der Waals surface area contributed by atoms with E-state index in [2.05, 4.69) is 4.72 Å². The summed E-state index contributed by atoms with van der Waals surface area (Å²) in [5.74, 6) is 0.134. The molecule has 6 nitrogen and oxygen atoms in total. The molecule has 0 saturated carbocycles. The van der Waals surface area contributed by atoms with E-state index in [1.807, 2.05) is 30.3 Å². The number of nitrogens with zero attached hydrogens (tertiary/aromatic N) is 1. The summed E-state index contributed by atoms with van der Waals surface area (Å²) in [5.41, 5.74) is 5.88. The van der Waals surface area contributed by atoms with E-state index in [0.29, 0.717) is 19.6 Å². The van der Waals surface area contributed by atoms with Crippen LogP contribution in [0.25, 0.3) is 0 Å². The van der Waals surface area contributed by atoms with Gasteiger partial charge in [0.05, 0.1) is 6.26 Å². The Kier molecular flexibility index (Phi) is 5.13. The fourth-order valence-corrected chi connectivity index (χ4v) is 4.27. The second-order valence-corrected chi connectivity index (χ2v) is 8.47. The van der Waals surface area contributed by atoms with Crippen LogP contribution in [0.5, 0.6) is 0 Å². The Labute approximate surface area is 138 Å². The maximum Gasteiger partial charge on any atom is 0.243 e. The van der Waals surface area contributed by atoms with Crippen molar-refractivity contribution < 1.29 is 13.2 Å². The van der Waals surface area contributed by atoms with E-state index in [0.717, 1.165) is 11.8 Å². The average molecular weight is 339 g/mol. The molecule has 1 amide bonds. The Bertz CT molecular complexity index is 658. The first-order chi connectivity index (χ1) is 10.6. The van der Waals surface area contributed by atoms with Gasteiger partial charge in [0.1, 0.15) is 5.54 Å². The fourth-order valence-electron chi connectivity index (χ4n) is 3.26. The zero-order valence-corrected chi connectivity index (χ0v) is 14.6. The molecule has 0 bridgehead atoms. The fraction of sp³-hybridized carbons (Fsp3) is 0.562. The number of sulfonamides is 1. The summed E-state index contributed by atoms with van der Waals surface area (Å²) in [6.07, 6.45) is 1.06. The largest absolute Gasteiger partial charge is 0.340 e. The van der Waals surface area contributed by atoms with Crippen LogP contribution in [0, 0.1) is 5.92 Å². The minimum absolute atomic E-state index is 0.176. The lowest BCUT2D eigenvalue weighted by molar-refractivity contribution is -0.135. The molecule has 1 aliphatic rings. The van der Waals surface area contributed by atoms with Crippen molar-refractivity contribution in [2.45, 2.75) is 25.3 Å². The Morgan fingerprint density at radius 1 is 1.30 bits per heavy atom. The number of rotatable bonds is 5. The van der Waals surface area contributed by atoms with Crippen LogP contribution < -0.4 is 10.5 Å². The van der Waals surface area contributed by atoms with Crippen molar-refractivity contribution in [1.82, 2.24) is 9.62 Å². The number of carbonyl (C=O) groups excluding carboxylic acids is 1. The number of hydrogen-bond donors (Lipinski definition) is 2. The molecule has 128 valence electrons. The van der Waals surface area contributed by atoms with Crippen LogP contribution in [0.1, 0.15) is 25.3 Å². The third-order valence-electron chi connectivity index (χ3n) is 4.23. The van der Waals surface area contributed by atoms with Gasteiger partial charge in [-0.1, -0.05) is 30.3 Å². The van der Waals surface area contributed by atoms with Crippen LogP contribution in [0.3, 0.4) is 0 Å². The Hall–Kier alpha value is -1.44. The summed E-state index contributed by atoms with van der Waals surface area (Å²) < 4.78 is 25.4. The number of benzene rings is 1. The molecule has 1 saturated heterocycles. The molecule has 1 aliphatic heterocycles. The van der Waals surface area contributed by atoms with E-state index in [4.69, 9.17) is 5.73 Å². The molecule has 0 radical (unpaired) electrons. The van der Waals surface area contributed by atoms with E-state index in [9.17, 15) is 13.2 Å². The highest BCUT2D eigenvalue weighted by atomic mass is 32.2. The quantitative estimate of drug-likeness (QED) is 0.818. The highest BCUT2D eigenvalue weighted by Gasteiger charge is 2.41. The summed E-state index contributed by atoms with van der Waals surface area (Å²) in [5, 5.41) is 0. The van der Waals surface area contributed by atoms with Gasteiger partial charge in [-0.25, -0.2) is 13.1 Å². The lowest BCUT2D eigenvalue weighted by Crippen LogP contribution is -2.55. The SMILES string of the molecule is CC(C)(NS(C)(=O)=O)C(=O)N1C[C@@H](CN)[C@H](c2ccccc2)C1. The lowest BCUT2D eigenvalue weighted by atomic mass is 9.89. The van der Waals surface area contributed by atoms with Gasteiger partial charge in [0, 0.05) is 19.0 Å². The third-order valence-corrected chi connectivity index (χ3v) is 5.12. The first kappa shape index (κ1) is 17.9. The smallest absolute Gasteiger partial charge is 0.243 e. The molecule has 2 atom stereocenters. The molecule has 2 rings (SSSR count). The average Bonchev–Trinajstić information content (AvgIpc) is 2.89. The van der Waals surface area contributed by atoms with Gasteiger partial charge < -0.3 is 10.6 Å². The number of amides is 1. The van der Waals surface area contributed by atoms with Crippen molar-refractivity contribution >= 4 is 15.9 Å². The van der Waals surface area contributed by atoms with Crippen molar-refractivity contribution in [3.05, 3.63) is 35.9 Å². The predicted molar refractivity (Wildman–Crippen MR) is 90.4 cm³/mol. The molecule has 1 heterocycles. The number of nitrogens with one attached hydrogen (secondary N) is 1. The summed E-state index contributed by atoms with van der Waals surface area (Å²) in [4.78, 5) is 14.5. The number of carbonyl (C=O) groups is 1. The van der Waals surface area contributed by atoms with Crippen LogP contribution in [-0.2, 0) is 14.8 Å². The van der Waals surface area contributed by atoms with Crippen molar-refractivity contribution in [1.29, 1.82) is 0 Å². The second-order valence-electron chi connectivity index (χ2n) is 6.72. The van der Waals surface area contributed by atoms with E-state index >= 15 is 0 Å². The van der Waals surface area contributed by atoms with E-state index in [1.54, 1.807) is 18.7 Å². The number of likely N-dealkylation sites (tertiary alicyclic amines) is 1. The number of nitrogens with two attached hydrogens (primary N) is 1. The van der Waals surface area contributed by atoms with Gasteiger partial charge in [0.15, 0.2) is 0 Å². The summed E-state index contributed by atoms with van der Waals surface area (Å²) in [6.45, 7) is 4.76. The normalized spacial score (nSPS) is 22.3. The first-order valence-electron chi connectivity index (χ1n) is 7.67. The van der Waals surface area contributed by atoms with Crippen LogP contribution in [0.2, 0.25) is 0 Å². The van der Waals surface area contributed by atoms with Crippen LogP contribution in [0.15, 0.2) is 30.3 Å². The Morgan fingerprint density at radius 2 is 1.91 bits per heavy atom. The number of hydrogen-bond acceptors (Lipinski definition) is 4. The summed E-state index contributed by atoms with van der Waals surface area (Å²) >= 11 is 0. The van der Waals surface area contributed by atoms with Gasteiger partial charge in [-0.05, 0) is 31.9 Å². The zero-order valence-electron chi connectivity index (χ0n) is 13.8. The second kappa shape index (κ2) is 6.59. The molecule has 1 aromatic rings. The third kappa shape index (κ3) is 4.31. The highest BCUT2D eigenvalue weighted by molar-refractivity contribution is 7.88. The first-order valence-corrected chi connectivity index (χ1v) is 9.56. The van der Waals surface area contributed by atoms with Crippen molar-refractivity contribution in [2.75, 3.05) is 25.9 Å².